The average Bonchev–Trinajstić information content (AvgIpc) is 3.04. The van der Waals surface area contributed by atoms with Crippen LogP contribution in [0.2, 0.25) is 0 Å². The predicted octanol–water partition coefficient (Wildman–Crippen LogP) is 12.8. The standard InChI is InChI=1S/C42H82O5/c1-38(2)32-28-24-20-16-12-9-7-5-6-8-10-14-18-22-26-30-34-41(44)46-37-40(36-43)47-42(45)35-31-27-23-19-15-11-13-17-21-25-29-33-39(3)4/h38-40,43H,5-37H2,1-4H3/t40-/m0/s1. The fraction of sp³-hybridized carbons (Fsp3) is 0.952. The second-order valence-corrected chi connectivity index (χ2v) is 15.4. The highest BCUT2D eigenvalue weighted by Crippen LogP contribution is 2.17. The zero-order chi connectivity index (χ0) is 34.6. The number of aliphatic hydroxyl groups excluding tert-OH is 1. The van der Waals surface area contributed by atoms with Crippen LogP contribution in [0.15, 0.2) is 0 Å². The first kappa shape index (κ1) is 45.9. The highest BCUT2D eigenvalue weighted by Gasteiger charge is 2.16. The van der Waals surface area contributed by atoms with Gasteiger partial charge in [0.2, 0.25) is 0 Å². The lowest BCUT2D eigenvalue weighted by Gasteiger charge is -2.15. The maximum atomic E-state index is 12.2. The van der Waals surface area contributed by atoms with Crippen LogP contribution in [0.1, 0.15) is 227 Å². The van der Waals surface area contributed by atoms with Crippen LogP contribution in [0.4, 0.5) is 0 Å². The number of carbonyl (C=O) groups is 2. The van der Waals surface area contributed by atoms with Gasteiger partial charge in [-0.05, 0) is 24.7 Å². The summed E-state index contributed by atoms with van der Waals surface area (Å²) >= 11 is 0. The van der Waals surface area contributed by atoms with Crippen molar-refractivity contribution in [2.24, 2.45) is 11.8 Å². The lowest BCUT2D eigenvalue weighted by Crippen LogP contribution is -2.28. The molecule has 1 atom stereocenters. The predicted molar refractivity (Wildman–Crippen MR) is 201 cm³/mol. The molecular formula is C42H82O5. The third-order valence-electron chi connectivity index (χ3n) is 9.51. The zero-order valence-corrected chi connectivity index (χ0v) is 32.1. The Kier molecular flexibility index (Phi) is 35.3. The summed E-state index contributed by atoms with van der Waals surface area (Å²) in [6.07, 6.45) is 37.4. The molecule has 0 heterocycles. The van der Waals surface area contributed by atoms with E-state index in [-0.39, 0.29) is 25.2 Å². The van der Waals surface area contributed by atoms with Crippen molar-refractivity contribution in [2.75, 3.05) is 13.2 Å². The Morgan fingerprint density at radius 2 is 0.702 bits per heavy atom. The number of esters is 2. The van der Waals surface area contributed by atoms with Gasteiger partial charge < -0.3 is 14.6 Å². The molecule has 0 fully saturated rings. The fourth-order valence-corrected chi connectivity index (χ4v) is 6.34. The largest absolute Gasteiger partial charge is 0.462 e. The van der Waals surface area contributed by atoms with Gasteiger partial charge in [0.05, 0.1) is 6.61 Å². The molecule has 5 nitrogen and oxygen atoms in total. The van der Waals surface area contributed by atoms with Crippen molar-refractivity contribution in [1.82, 2.24) is 0 Å². The summed E-state index contributed by atoms with van der Waals surface area (Å²) in [5.41, 5.74) is 0. The maximum Gasteiger partial charge on any atom is 0.306 e. The Morgan fingerprint density at radius 1 is 0.426 bits per heavy atom. The Balaban J connectivity index is 3.48. The molecule has 280 valence electrons. The minimum Gasteiger partial charge on any atom is -0.462 e. The minimum atomic E-state index is -0.763. The van der Waals surface area contributed by atoms with Gasteiger partial charge in [-0.15, -0.1) is 0 Å². The third kappa shape index (κ3) is 37.6. The normalized spacial score (nSPS) is 12.2. The molecule has 0 amide bonds. The van der Waals surface area contributed by atoms with Gasteiger partial charge in [-0.2, -0.15) is 0 Å². The Bertz CT molecular complexity index is 661. The number of ether oxygens (including phenoxy) is 2. The summed E-state index contributed by atoms with van der Waals surface area (Å²) in [7, 11) is 0. The second-order valence-electron chi connectivity index (χ2n) is 15.4. The topological polar surface area (TPSA) is 72.8 Å². The van der Waals surface area contributed by atoms with Crippen LogP contribution in [0.25, 0.3) is 0 Å². The Morgan fingerprint density at radius 3 is 1.00 bits per heavy atom. The molecule has 0 bridgehead atoms. The van der Waals surface area contributed by atoms with Crippen molar-refractivity contribution in [3.63, 3.8) is 0 Å². The van der Waals surface area contributed by atoms with Crippen LogP contribution in [0.3, 0.4) is 0 Å². The molecule has 0 aliphatic carbocycles. The monoisotopic (exact) mass is 667 g/mol. The van der Waals surface area contributed by atoms with Crippen molar-refractivity contribution in [3.05, 3.63) is 0 Å². The van der Waals surface area contributed by atoms with E-state index < -0.39 is 6.10 Å². The zero-order valence-electron chi connectivity index (χ0n) is 32.1. The highest BCUT2D eigenvalue weighted by atomic mass is 16.6. The molecule has 0 rings (SSSR count). The van der Waals surface area contributed by atoms with Gasteiger partial charge in [-0.1, -0.05) is 201 Å². The van der Waals surface area contributed by atoms with E-state index in [2.05, 4.69) is 27.7 Å². The van der Waals surface area contributed by atoms with Crippen LogP contribution in [0.5, 0.6) is 0 Å². The van der Waals surface area contributed by atoms with E-state index in [1.165, 1.54) is 154 Å². The Hall–Kier alpha value is -1.10. The molecule has 0 aliphatic rings. The number of rotatable bonds is 37. The van der Waals surface area contributed by atoms with E-state index in [0.29, 0.717) is 12.8 Å². The van der Waals surface area contributed by atoms with Crippen LogP contribution in [0, 0.1) is 11.8 Å². The van der Waals surface area contributed by atoms with Gasteiger partial charge in [0.1, 0.15) is 6.61 Å². The summed E-state index contributed by atoms with van der Waals surface area (Å²) in [5, 5.41) is 9.56. The number of carbonyl (C=O) groups excluding carboxylic acids is 2. The fourth-order valence-electron chi connectivity index (χ4n) is 6.34. The van der Waals surface area contributed by atoms with Gasteiger partial charge in [0, 0.05) is 12.8 Å². The quantitative estimate of drug-likeness (QED) is 0.0527. The lowest BCUT2D eigenvalue weighted by atomic mass is 10.0. The van der Waals surface area contributed by atoms with Gasteiger partial charge in [-0.25, -0.2) is 0 Å². The number of hydrogen-bond acceptors (Lipinski definition) is 5. The molecule has 1 N–H and O–H groups in total. The van der Waals surface area contributed by atoms with E-state index in [1.807, 2.05) is 0 Å². The molecule has 0 aromatic carbocycles. The molecule has 0 saturated carbocycles. The van der Waals surface area contributed by atoms with E-state index in [4.69, 9.17) is 9.47 Å². The molecule has 0 aromatic rings. The van der Waals surface area contributed by atoms with Crippen molar-refractivity contribution in [3.8, 4) is 0 Å². The summed E-state index contributed by atoms with van der Waals surface area (Å²) < 4.78 is 10.6. The summed E-state index contributed by atoms with van der Waals surface area (Å²) in [6.45, 7) is 8.87. The van der Waals surface area contributed by atoms with Crippen molar-refractivity contribution in [1.29, 1.82) is 0 Å². The molecule has 0 unspecified atom stereocenters. The number of aliphatic hydroxyl groups is 1. The summed E-state index contributed by atoms with van der Waals surface area (Å²) in [5.74, 6) is 1.12. The highest BCUT2D eigenvalue weighted by molar-refractivity contribution is 5.70. The first-order valence-electron chi connectivity index (χ1n) is 20.8. The molecule has 0 aromatic heterocycles. The smallest absolute Gasteiger partial charge is 0.306 e. The van der Waals surface area contributed by atoms with Crippen molar-refractivity contribution < 1.29 is 24.2 Å². The van der Waals surface area contributed by atoms with Crippen LogP contribution < -0.4 is 0 Å². The summed E-state index contributed by atoms with van der Waals surface area (Å²) in [6, 6.07) is 0. The molecule has 0 saturated heterocycles. The molecule has 0 spiro atoms. The second kappa shape index (κ2) is 36.2. The maximum absolute atomic E-state index is 12.2. The van der Waals surface area contributed by atoms with Gasteiger partial charge in [0.15, 0.2) is 6.10 Å². The van der Waals surface area contributed by atoms with E-state index in [9.17, 15) is 14.7 Å². The lowest BCUT2D eigenvalue weighted by molar-refractivity contribution is -0.161. The van der Waals surface area contributed by atoms with Crippen LogP contribution in [-0.2, 0) is 19.1 Å². The Labute approximate surface area is 293 Å². The third-order valence-corrected chi connectivity index (χ3v) is 9.51. The first-order valence-corrected chi connectivity index (χ1v) is 20.8. The molecule has 0 aliphatic heterocycles. The first-order chi connectivity index (χ1) is 22.8. The van der Waals surface area contributed by atoms with Crippen molar-refractivity contribution in [2.45, 2.75) is 233 Å². The number of hydrogen-bond donors (Lipinski definition) is 1. The van der Waals surface area contributed by atoms with Crippen LogP contribution >= 0.6 is 0 Å². The van der Waals surface area contributed by atoms with Gasteiger partial charge >= 0.3 is 11.9 Å². The van der Waals surface area contributed by atoms with Crippen molar-refractivity contribution >= 4 is 11.9 Å². The average molecular weight is 667 g/mol. The van der Waals surface area contributed by atoms with E-state index >= 15 is 0 Å². The van der Waals surface area contributed by atoms with Crippen LogP contribution in [-0.4, -0.2) is 36.4 Å². The molecule has 0 radical (unpaired) electrons. The number of unbranched alkanes of at least 4 members (excludes halogenated alkanes) is 25. The minimum absolute atomic E-state index is 0.0583. The molecular weight excluding hydrogens is 584 g/mol. The molecule has 47 heavy (non-hydrogen) atoms. The SMILES string of the molecule is CC(C)CCCCCCCCCCCCCCCCCCC(=O)OC[C@H](CO)OC(=O)CCCCCCCCCCCCCC(C)C. The molecule has 5 heteroatoms. The van der Waals surface area contributed by atoms with E-state index in [0.717, 1.165) is 43.9 Å². The van der Waals surface area contributed by atoms with Gasteiger partial charge in [-0.3, -0.25) is 9.59 Å². The summed E-state index contributed by atoms with van der Waals surface area (Å²) in [4.78, 5) is 24.3. The van der Waals surface area contributed by atoms with Gasteiger partial charge in [0.25, 0.3) is 0 Å². The van der Waals surface area contributed by atoms with E-state index in [1.54, 1.807) is 0 Å².